The van der Waals surface area contributed by atoms with Crippen LogP contribution in [0.15, 0.2) is 0 Å². The van der Waals surface area contributed by atoms with E-state index in [1.165, 1.54) is 45.6 Å². The van der Waals surface area contributed by atoms with Crippen molar-refractivity contribution in [2.75, 3.05) is 7.11 Å². The van der Waals surface area contributed by atoms with Gasteiger partial charge in [-0.25, -0.2) is 0 Å². The second-order valence-electron chi connectivity index (χ2n) is 7.39. The molecule has 3 rings (SSSR count). The van der Waals surface area contributed by atoms with Gasteiger partial charge < -0.3 is 9.47 Å². The van der Waals surface area contributed by atoms with Crippen LogP contribution in [-0.2, 0) is 14.3 Å². The third-order valence-corrected chi connectivity index (χ3v) is 5.38. The largest absolute Gasteiger partial charge is 0.468 e. The molecule has 21 heavy (non-hydrogen) atoms. The molecule has 4 nitrogen and oxygen atoms in total. The molecule has 0 bridgehead atoms. The summed E-state index contributed by atoms with van der Waals surface area (Å²) in [5, 5.41) is 3.54. The molecule has 0 aromatic carbocycles. The maximum atomic E-state index is 12.2. The van der Waals surface area contributed by atoms with Gasteiger partial charge in [-0.3, -0.25) is 10.1 Å². The van der Waals surface area contributed by atoms with Gasteiger partial charge in [0.05, 0.1) is 19.3 Å². The van der Waals surface area contributed by atoms with E-state index in [0.717, 1.165) is 25.2 Å². The highest BCUT2D eigenvalue weighted by molar-refractivity contribution is 5.81. The van der Waals surface area contributed by atoms with Gasteiger partial charge in [-0.05, 0) is 44.4 Å². The third-order valence-electron chi connectivity index (χ3n) is 5.38. The third kappa shape index (κ3) is 3.59. The summed E-state index contributed by atoms with van der Waals surface area (Å²) in [5.74, 6) is 0.678. The summed E-state index contributed by atoms with van der Waals surface area (Å²) >= 11 is 0. The number of hydrogen-bond donors (Lipinski definition) is 1. The van der Waals surface area contributed by atoms with Crippen LogP contribution in [-0.4, -0.2) is 36.9 Å². The average Bonchev–Trinajstić information content (AvgIpc) is 3.18. The molecule has 4 unspecified atom stereocenters. The monoisotopic (exact) mass is 295 g/mol. The highest BCUT2D eigenvalue weighted by Gasteiger charge is 2.49. The lowest BCUT2D eigenvalue weighted by atomic mass is 9.88. The Morgan fingerprint density at radius 2 is 1.95 bits per heavy atom. The van der Waals surface area contributed by atoms with Gasteiger partial charge in [0.25, 0.3) is 0 Å². The normalized spacial score (nSPS) is 40.2. The van der Waals surface area contributed by atoms with E-state index in [0.29, 0.717) is 12.1 Å². The van der Waals surface area contributed by atoms with Gasteiger partial charge in [0, 0.05) is 12.5 Å². The van der Waals surface area contributed by atoms with Crippen LogP contribution in [0.4, 0.5) is 0 Å². The van der Waals surface area contributed by atoms with Crippen molar-refractivity contribution in [3.05, 3.63) is 0 Å². The average molecular weight is 295 g/mol. The molecule has 0 aromatic heterocycles. The van der Waals surface area contributed by atoms with E-state index in [2.05, 4.69) is 12.2 Å². The summed E-state index contributed by atoms with van der Waals surface area (Å²) in [7, 11) is 1.50. The minimum Gasteiger partial charge on any atom is -0.468 e. The molecule has 0 spiro atoms. The number of hydrogen-bond acceptors (Lipinski definition) is 4. The minimum atomic E-state index is -0.485. The van der Waals surface area contributed by atoms with Gasteiger partial charge >= 0.3 is 5.97 Å². The Labute approximate surface area is 127 Å². The molecule has 0 saturated heterocycles. The van der Waals surface area contributed by atoms with E-state index >= 15 is 0 Å². The highest BCUT2D eigenvalue weighted by Crippen LogP contribution is 2.38. The molecule has 4 atom stereocenters. The summed E-state index contributed by atoms with van der Waals surface area (Å²) in [5.41, 5.74) is -0.485. The van der Waals surface area contributed by atoms with Gasteiger partial charge in [-0.2, -0.15) is 0 Å². The summed E-state index contributed by atoms with van der Waals surface area (Å²) < 4.78 is 11.4. The highest BCUT2D eigenvalue weighted by atomic mass is 16.5. The lowest BCUT2D eigenvalue weighted by Crippen LogP contribution is -2.52. The first-order valence-electron chi connectivity index (χ1n) is 8.63. The Balaban J connectivity index is 1.57. The Hall–Kier alpha value is -0.610. The molecule has 0 aromatic rings. The lowest BCUT2D eigenvalue weighted by Gasteiger charge is -2.31. The van der Waals surface area contributed by atoms with Crippen LogP contribution in [0.1, 0.15) is 64.7 Å². The summed E-state index contributed by atoms with van der Waals surface area (Å²) in [6, 6.07) is 0.512. The second-order valence-corrected chi connectivity index (χ2v) is 7.39. The van der Waals surface area contributed by atoms with E-state index < -0.39 is 5.54 Å². The van der Waals surface area contributed by atoms with Gasteiger partial charge in [-0.15, -0.1) is 0 Å². The SMILES string of the molecule is COC(=O)C1(NC2CC2)CCC(OC2CCCC(C)C2)C1. The van der Waals surface area contributed by atoms with E-state index in [-0.39, 0.29) is 12.1 Å². The Bertz CT molecular complexity index is 382. The molecule has 3 aliphatic carbocycles. The molecule has 3 aliphatic rings. The van der Waals surface area contributed by atoms with Crippen molar-refractivity contribution in [2.24, 2.45) is 5.92 Å². The summed E-state index contributed by atoms with van der Waals surface area (Å²) in [6.45, 7) is 2.32. The summed E-state index contributed by atoms with van der Waals surface area (Å²) in [6.07, 6.45) is 10.6. The fourth-order valence-electron chi connectivity index (χ4n) is 4.08. The number of rotatable bonds is 5. The fourth-order valence-corrected chi connectivity index (χ4v) is 4.08. The Morgan fingerprint density at radius 1 is 1.14 bits per heavy atom. The van der Waals surface area contributed by atoms with Crippen LogP contribution >= 0.6 is 0 Å². The maximum absolute atomic E-state index is 12.2. The van der Waals surface area contributed by atoms with E-state index in [1.54, 1.807) is 0 Å². The standard InChI is InChI=1S/C17H29NO3/c1-12-4-3-5-14(10-12)21-15-8-9-17(11-15,16(19)20-2)18-13-6-7-13/h12-15,18H,3-11H2,1-2H3. The first-order valence-corrected chi connectivity index (χ1v) is 8.63. The van der Waals surface area contributed by atoms with Crippen molar-refractivity contribution < 1.29 is 14.3 Å². The van der Waals surface area contributed by atoms with Gasteiger partial charge in [-0.1, -0.05) is 19.8 Å². The quantitative estimate of drug-likeness (QED) is 0.792. The molecule has 3 saturated carbocycles. The van der Waals surface area contributed by atoms with Crippen molar-refractivity contribution in [3.8, 4) is 0 Å². The predicted octanol–water partition coefficient (Wildman–Crippen LogP) is 2.80. The van der Waals surface area contributed by atoms with Crippen LogP contribution in [0.3, 0.4) is 0 Å². The van der Waals surface area contributed by atoms with Gasteiger partial charge in [0.1, 0.15) is 5.54 Å². The molecule has 3 fully saturated rings. The zero-order valence-electron chi connectivity index (χ0n) is 13.4. The Kier molecular flexibility index (Phi) is 4.55. The number of carbonyl (C=O) groups excluding carboxylic acids is 1. The topological polar surface area (TPSA) is 47.6 Å². The van der Waals surface area contributed by atoms with Crippen molar-refractivity contribution in [1.29, 1.82) is 0 Å². The number of nitrogens with one attached hydrogen (secondary N) is 1. The zero-order chi connectivity index (χ0) is 14.9. The van der Waals surface area contributed by atoms with Crippen LogP contribution < -0.4 is 5.32 Å². The zero-order valence-corrected chi connectivity index (χ0v) is 13.4. The van der Waals surface area contributed by atoms with Gasteiger partial charge in [0.15, 0.2) is 0 Å². The fraction of sp³-hybridized carbons (Fsp3) is 0.941. The smallest absolute Gasteiger partial charge is 0.326 e. The van der Waals surface area contributed by atoms with E-state index in [9.17, 15) is 4.79 Å². The van der Waals surface area contributed by atoms with E-state index in [1.807, 2.05) is 0 Å². The summed E-state index contributed by atoms with van der Waals surface area (Å²) in [4.78, 5) is 12.2. The molecule has 0 amide bonds. The molecular weight excluding hydrogens is 266 g/mol. The molecule has 0 radical (unpaired) electrons. The van der Waals surface area contributed by atoms with Crippen molar-refractivity contribution in [2.45, 2.75) is 88.5 Å². The van der Waals surface area contributed by atoms with Crippen LogP contribution in [0.25, 0.3) is 0 Å². The number of carbonyl (C=O) groups is 1. The lowest BCUT2D eigenvalue weighted by molar-refractivity contribution is -0.149. The predicted molar refractivity (Wildman–Crippen MR) is 81.0 cm³/mol. The maximum Gasteiger partial charge on any atom is 0.326 e. The molecule has 0 heterocycles. The van der Waals surface area contributed by atoms with Crippen LogP contribution in [0.5, 0.6) is 0 Å². The second kappa shape index (κ2) is 6.25. The van der Waals surface area contributed by atoms with Crippen molar-refractivity contribution >= 4 is 5.97 Å². The van der Waals surface area contributed by atoms with Gasteiger partial charge in [0.2, 0.25) is 0 Å². The molecular formula is C17H29NO3. The molecule has 1 N–H and O–H groups in total. The van der Waals surface area contributed by atoms with Crippen LogP contribution in [0.2, 0.25) is 0 Å². The first kappa shape index (κ1) is 15.3. The first-order chi connectivity index (χ1) is 10.1. The van der Waals surface area contributed by atoms with Crippen molar-refractivity contribution in [1.82, 2.24) is 5.32 Å². The molecule has 4 heteroatoms. The van der Waals surface area contributed by atoms with Crippen molar-refractivity contribution in [3.63, 3.8) is 0 Å². The number of ether oxygens (including phenoxy) is 2. The molecule has 0 aliphatic heterocycles. The van der Waals surface area contributed by atoms with Crippen LogP contribution in [0, 0.1) is 5.92 Å². The molecule has 120 valence electrons. The number of methoxy groups -OCH3 is 1. The van der Waals surface area contributed by atoms with E-state index in [4.69, 9.17) is 9.47 Å². The minimum absolute atomic E-state index is 0.0995. The number of esters is 1. The Morgan fingerprint density at radius 3 is 2.62 bits per heavy atom.